The van der Waals surface area contributed by atoms with Crippen LogP contribution in [0.25, 0.3) is 0 Å². The summed E-state index contributed by atoms with van der Waals surface area (Å²) in [4.78, 5) is 10.0. The van der Waals surface area contributed by atoms with Crippen LogP contribution >= 0.6 is 0 Å². The van der Waals surface area contributed by atoms with E-state index in [-0.39, 0.29) is 22.4 Å². The standard InChI is InChI=1S/C4H6O2S.Ag/c1-6-4(5)2-3-7;/h2-3,7H,1H3;/q;+1/p-1. The molecule has 50 valence electrons. The van der Waals surface area contributed by atoms with Gasteiger partial charge in [-0.3, -0.25) is 0 Å². The van der Waals surface area contributed by atoms with E-state index < -0.39 is 5.97 Å². The Hall–Kier alpha value is 0.170. The van der Waals surface area contributed by atoms with Crippen LogP contribution in [0.4, 0.5) is 0 Å². The average Bonchev–Trinajstić information content (AvgIpc) is 1.68. The Morgan fingerprint density at radius 3 is 2.38 bits per heavy atom. The van der Waals surface area contributed by atoms with Crippen LogP contribution < -0.4 is 0 Å². The van der Waals surface area contributed by atoms with Crippen molar-refractivity contribution in [1.82, 2.24) is 0 Å². The van der Waals surface area contributed by atoms with Gasteiger partial charge in [-0.2, -0.15) is 0 Å². The van der Waals surface area contributed by atoms with Crippen molar-refractivity contribution in [3.63, 3.8) is 0 Å². The zero-order valence-electron chi connectivity index (χ0n) is 4.18. The van der Waals surface area contributed by atoms with Gasteiger partial charge in [-0.05, 0) is 6.08 Å². The third-order valence-corrected chi connectivity index (χ3v) is 0.541. The molecule has 0 aliphatic carbocycles. The van der Waals surface area contributed by atoms with Crippen LogP contribution in [0.3, 0.4) is 0 Å². The molecule has 0 saturated heterocycles. The minimum Gasteiger partial charge on any atom is -0.787 e. The molecule has 0 fully saturated rings. The molecule has 8 heavy (non-hydrogen) atoms. The number of methoxy groups -OCH3 is 1. The number of carbonyl (C=O) groups excluding carboxylic acids is 1. The summed E-state index contributed by atoms with van der Waals surface area (Å²) in [6, 6.07) is 0. The fraction of sp³-hybridized carbons (Fsp3) is 0.250. The first-order valence-electron chi connectivity index (χ1n) is 1.67. The van der Waals surface area contributed by atoms with E-state index in [0.717, 1.165) is 0 Å². The second-order valence-electron chi connectivity index (χ2n) is 0.826. The van der Waals surface area contributed by atoms with Crippen LogP contribution in [0.2, 0.25) is 0 Å². The van der Waals surface area contributed by atoms with Crippen LogP contribution in [-0.4, -0.2) is 13.1 Å². The number of carbonyl (C=O) groups is 1. The Morgan fingerprint density at radius 2 is 2.25 bits per heavy atom. The summed E-state index contributed by atoms with van der Waals surface area (Å²) in [6.45, 7) is 0. The molecule has 0 spiro atoms. The number of rotatable bonds is 1. The summed E-state index contributed by atoms with van der Waals surface area (Å²) in [5.74, 6) is -0.407. The fourth-order valence-corrected chi connectivity index (χ4v) is 0.235. The third-order valence-electron chi connectivity index (χ3n) is 0.405. The third kappa shape index (κ3) is 6.17. The van der Waals surface area contributed by atoms with E-state index in [9.17, 15) is 4.79 Å². The molecule has 0 saturated carbocycles. The van der Waals surface area contributed by atoms with Crippen molar-refractivity contribution < 1.29 is 31.9 Å². The maximum atomic E-state index is 10.0. The summed E-state index contributed by atoms with van der Waals surface area (Å²) < 4.78 is 4.20. The molecule has 0 rings (SSSR count). The van der Waals surface area contributed by atoms with Crippen molar-refractivity contribution in [3.05, 3.63) is 11.5 Å². The maximum absolute atomic E-state index is 10.0. The van der Waals surface area contributed by atoms with E-state index in [1.165, 1.54) is 18.6 Å². The Morgan fingerprint density at radius 1 is 1.75 bits per heavy atom. The van der Waals surface area contributed by atoms with Crippen molar-refractivity contribution in [1.29, 1.82) is 0 Å². The summed E-state index contributed by atoms with van der Waals surface area (Å²) in [5, 5.41) is 1.21. The molecule has 0 aromatic rings. The van der Waals surface area contributed by atoms with Gasteiger partial charge in [0.05, 0.1) is 7.11 Å². The molecule has 4 heteroatoms. The van der Waals surface area contributed by atoms with E-state index in [2.05, 4.69) is 17.4 Å². The first-order chi connectivity index (χ1) is 3.31. The molecule has 2 nitrogen and oxygen atoms in total. The van der Waals surface area contributed by atoms with Gasteiger partial charge in [-0.15, -0.1) is 0 Å². The van der Waals surface area contributed by atoms with Gasteiger partial charge in [0.15, 0.2) is 0 Å². The number of ether oxygens (including phenoxy) is 1. The van der Waals surface area contributed by atoms with Crippen LogP contribution in [-0.2, 0) is 44.5 Å². The van der Waals surface area contributed by atoms with Crippen molar-refractivity contribution in [2.45, 2.75) is 0 Å². The van der Waals surface area contributed by atoms with E-state index in [0.29, 0.717) is 0 Å². The molecule has 0 aliphatic rings. The predicted molar refractivity (Wildman–Crippen MR) is 28.5 cm³/mol. The van der Waals surface area contributed by atoms with E-state index in [4.69, 9.17) is 0 Å². The molecule has 0 unspecified atom stereocenters. The van der Waals surface area contributed by atoms with Crippen molar-refractivity contribution in [2.24, 2.45) is 0 Å². The van der Waals surface area contributed by atoms with Gasteiger partial charge in [0.1, 0.15) is 0 Å². The minimum atomic E-state index is -0.407. The van der Waals surface area contributed by atoms with Crippen molar-refractivity contribution >= 4 is 18.6 Å². The second-order valence-corrected chi connectivity index (χ2v) is 1.10. The Bertz CT molecular complexity index is 92.0. The molecule has 0 atom stereocenters. The van der Waals surface area contributed by atoms with Crippen LogP contribution in [0, 0.1) is 0 Å². The second kappa shape index (κ2) is 7.17. The number of esters is 1. The van der Waals surface area contributed by atoms with Gasteiger partial charge in [0.25, 0.3) is 0 Å². The Labute approximate surface area is 69.2 Å². The quantitative estimate of drug-likeness (QED) is 0.276. The molecule has 0 aromatic carbocycles. The van der Waals surface area contributed by atoms with Gasteiger partial charge in [0.2, 0.25) is 0 Å². The Kier molecular flexibility index (Phi) is 9.89. The molecule has 0 radical (unpaired) electrons. The first kappa shape index (κ1) is 11.0. The van der Waals surface area contributed by atoms with Crippen molar-refractivity contribution in [3.8, 4) is 0 Å². The minimum absolute atomic E-state index is 0. The van der Waals surface area contributed by atoms with E-state index in [1.54, 1.807) is 0 Å². The van der Waals surface area contributed by atoms with E-state index in [1.807, 2.05) is 0 Å². The molecule has 0 amide bonds. The smallest absolute Gasteiger partial charge is 0.787 e. The predicted octanol–water partition coefficient (Wildman–Crippen LogP) is 0.217. The molecule has 0 N–H and O–H groups in total. The van der Waals surface area contributed by atoms with Gasteiger partial charge in [-0.25, -0.2) is 10.2 Å². The molecule has 0 heterocycles. The summed E-state index contributed by atoms with van der Waals surface area (Å²) in [5.41, 5.74) is 0. The largest absolute Gasteiger partial charge is 1.00 e. The van der Waals surface area contributed by atoms with Crippen molar-refractivity contribution in [2.75, 3.05) is 7.11 Å². The summed E-state index contributed by atoms with van der Waals surface area (Å²) in [6.07, 6.45) is 1.18. The summed E-state index contributed by atoms with van der Waals surface area (Å²) >= 11 is 4.31. The monoisotopic (exact) mass is 224 g/mol. The zero-order valence-corrected chi connectivity index (χ0v) is 6.48. The topological polar surface area (TPSA) is 26.3 Å². The van der Waals surface area contributed by atoms with Gasteiger partial charge in [-0.1, -0.05) is 0 Å². The van der Waals surface area contributed by atoms with Crippen LogP contribution in [0.1, 0.15) is 0 Å². The normalized spacial score (nSPS) is 8.12. The average molecular weight is 225 g/mol. The molecular weight excluding hydrogens is 220 g/mol. The SMILES string of the molecule is COC(=O)C=C[S-].[Ag+]. The fourth-order valence-electron chi connectivity index (χ4n) is 0.124. The Balaban J connectivity index is 0. The number of hydrogen-bond donors (Lipinski definition) is 0. The van der Waals surface area contributed by atoms with Gasteiger partial charge in [0, 0.05) is 0 Å². The first-order valence-corrected chi connectivity index (χ1v) is 2.15. The van der Waals surface area contributed by atoms with E-state index >= 15 is 0 Å². The summed E-state index contributed by atoms with van der Waals surface area (Å²) in [7, 11) is 1.30. The molecular formula is C4H5AgO2S. The molecule has 0 bridgehead atoms. The maximum Gasteiger partial charge on any atom is 1.00 e. The van der Waals surface area contributed by atoms with Gasteiger partial charge >= 0.3 is 28.3 Å². The molecule has 0 aromatic heterocycles. The van der Waals surface area contributed by atoms with Crippen LogP contribution in [0.5, 0.6) is 0 Å². The van der Waals surface area contributed by atoms with Crippen LogP contribution in [0.15, 0.2) is 11.5 Å². The molecule has 0 aliphatic heterocycles. The van der Waals surface area contributed by atoms with Gasteiger partial charge < -0.3 is 17.4 Å². The number of hydrogen-bond acceptors (Lipinski definition) is 3. The zero-order chi connectivity index (χ0) is 5.70.